The Morgan fingerprint density at radius 1 is 0.947 bits per heavy atom. The summed E-state index contributed by atoms with van der Waals surface area (Å²) in [5.41, 5.74) is 8.57. The molecule has 0 aromatic heterocycles. The molecule has 0 aliphatic carbocycles. The third kappa shape index (κ3) is 3.52. The molecule has 0 aliphatic heterocycles. The second-order valence-corrected chi connectivity index (χ2v) is 4.87. The second kappa shape index (κ2) is 6.30. The van der Waals surface area contributed by atoms with Gasteiger partial charge >= 0.3 is 0 Å². The van der Waals surface area contributed by atoms with Crippen LogP contribution >= 0.6 is 0 Å². The standard InChI is InChI=1S/C17H19NO/c1-13(19)12-16(18)17(14-8-4-2-5-9-14)15-10-6-3-7-11-15/h2-11,16-17H,12,18H2,1H3/t16-/m0/s1. The fraction of sp³-hybridized carbons (Fsp3) is 0.235. The van der Waals surface area contributed by atoms with Crippen LogP contribution in [0.2, 0.25) is 0 Å². The summed E-state index contributed by atoms with van der Waals surface area (Å²) in [5, 5.41) is 0. The number of benzene rings is 2. The molecule has 0 saturated heterocycles. The quantitative estimate of drug-likeness (QED) is 0.889. The lowest BCUT2D eigenvalue weighted by Gasteiger charge is -2.24. The van der Waals surface area contributed by atoms with Gasteiger partial charge in [0.25, 0.3) is 0 Å². The Hall–Kier alpha value is -1.93. The summed E-state index contributed by atoms with van der Waals surface area (Å²) >= 11 is 0. The van der Waals surface area contributed by atoms with Gasteiger partial charge in [-0.25, -0.2) is 0 Å². The number of rotatable bonds is 5. The van der Waals surface area contributed by atoms with Crippen LogP contribution in [0.25, 0.3) is 0 Å². The molecule has 0 fully saturated rings. The van der Waals surface area contributed by atoms with Crippen LogP contribution in [0.1, 0.15) is 30.4 Å². The van der Waals surface area contributed by atoms with Crippen molar-refractivity contribution in [2.45, 2.75) is 25.3 Å². The smallest absolute Gasteiger partial charge is 0.131 e. The van der Waals surface area contributed by atoms with Crippen molar-refractivity contribution in [2.24, 2.45) is 5.73 Å². The molecule has 1 atom stereocenters. The van der Waals surface area contributed by atoms with Gasteiger partial charge in [-0.2, -0.15) is 0 Å². The summed E-state index contributed by atoms with van der Waals surface area (Å²) < 4.78 is 0. The SMILES string of the molecule is CC(=O)C[C@H](N)C(c1ccccc1)c1ccccc1. The van der Waals surface area contributed by atoms with E-state index in [1.165, 1.54) is 0 Å². The van der Waals surface area contributed by atoms with Gasteiger partial charge in [-0.05, 0) is 18.1 Å². The van der Waals surface area contributed by atoms with Gasteiger partial charge < -0.3 is 5.73 Å². The zero-order valence-corrected chi connectivity index (χ0v) is 11.1. The van der Waals surface area contributed by atoms with E-state index in [4.69, 9.17) is 5.73 Å². The van der Waals surface area contributed by atoms with Gasteiger partial charge in [0.15, 0.2) is 0 Å². The van der Waals surface area contributed by atoms with E-state index in [1.807, 2.05) is 36.4 Å². The Labute approximate surface area is 114 Å². The van der Waals surface area contributed by atoms with Crippen LogP contribution in [0.5, 0.6) is 0 Å². The van der Waals surface area contributed by atoms with Gasteiger partial charge in [0.05, 0.1) is 0 Å². The van der Waals surface area contributed by atoms with Crippen molar-refractivity contribution in [3.8, 4) is 0 Å². The topological polar surface area (TPSA) is 43.1 Å². The van der Waals surface area contributed by atoms with E-state index in [-0.39, 0.29) is 17.7 Å². The Morgan fingerprint density at radius 3 is 1.74 bits per heavy atom. The molecule has 0 unspecified atom stereocenters. The maximum Gasteiger partial charge on any atom is 0.131 e. The third-order valence-corrected chi connectivity index (χ3v) is 3.27. The number of hydrogen-bond acceptors (Lipinski definition) is 2. The second-order valence-electron chi connectivity index (χ2n) is 4.87. The van der Waals surface area contributed by atoms with Crippen molar-refractivity contribution in [1.82, 2.24) is 0 Å². The lowest BCUT2D eigenvalue weighted by atomic mass is 9.83. The average Bonchev–Trinajstić information content (AvgIpc) is 2.40. The molecular formula is C17H19NO. The van der Waals surface area contributed by atoms with Gasteiger partial charge in [0, 0.05) is 18.4 Å². The predicted octanol–water partition coefficient (Wildman–Crippen LogP) is 3.12. The molecule has 0 bridgehead atoms. The summed E-state index contributed by atoms with van der Waals surface area (Å²) in [7, 11) is 0. The highest BCUT2D eigenvalue weighted by atomic mass is 16.1. The van der Waals surface area contributed by atoms with Crippen LogP contribution in [0.15, 0.2) is 60.7 Å². The highest BCUT2D eigenvalue weighted by molar-refractivity contribution is 5.76. The van der Waals surface area contributed by atoms with Crippen molar-refractivity contribution in [3.63, 3.8) is 0 Å². The molecule has 0 amide bonds. The van der Waals surface area contributed by atoms with E-state index >= 15 is 0 Å². The molecule has 0 radical (unpaired) electrons. The Kier molecular flexibility index (Phi) is 4.48. The molecule has 0 spiro atoms. The molecule has 0 saturated carbocycles. The van der Waals surface area contributed by atoms with E-state index in [9.17, 15) is 4.79 Å². The zero-order valence-electron chi connectivity index (χ0n) is 11.1. The fourth-order valence-corrected chi connectivity index (χ4v) is 2.46. The van der Waals surface area contributed by atoms with Gasteiger partial charge in [0.1, 0.15) is 5.78 Å². The fourth-order valence-electron chi connectivity index (χ4n) is 2.46. The molecule has 2 N–H and O–H groups in total. The molecule has 2 nitrogen and oxygen atoms in total. The third-order valence-electron chi connectivity index (χ3n) is 3.27. The number of hydrogen-bond donors (Lipinski definition) is 1. The number of carbonyl (C=O) groups is 1. The Bertz CT molecular complexity index is 482. The number of Topliss-reactive ketones (excluding diaryl/α,β-unsaturated/α-hetero) is 1. The van der Waals surface area contributed by atoms with Crippen molar-refractivity contribution in [1.29, 1.82) is 0 Å². The molecule has 2 heteroatoms. The molecule has 98 valence electrons. The first-order valence-corrected chi connectivity index (χ1v) is 6.53. The van der Waals surface area contributed by atoms with Crippen LogP contribution in [0, 0.1) is 0 Å². The average molecular weight is 253 g/mol. The molecular weight excluding hydrogens is 234 g/mol. The summed E-state index contributed by atoms with van der Waals surface area (Å²) in [4.78, 5) is 11.3. The molecule has 19 heavy (non-hydrogen) atoms. The normalized spacial score (nSPS) is 12.4. The van der Waals surface area contributed by atoms with Crippen LogP contribution in [0.3, 0.4) is 0 Å². The van der Waals surface area contributed by atoms with E-state index < -0.39 is 0 Å². The molecule has 2 rings (SSSR count). The highest BCUT2D eigenvalue weighted by Gasteiger charge is 2.22. The molecule has 2 aromatic rings. The van der Waals surface area contributed by atoms with Crippen LogP contribution in [-0.2, 0) is 4.79 Å². The summed E-state index contributed by atoms with van der Waals surface area (Å²) in [6.45, 7) is 1.59. The predicted molar refractivity (Wildman–Crippen MR) is 78.0 cm³/mol. The minimum atomic E-state index is -0.192. The van der Waals surface area contributed by atoms with Crippen molar-refractivity contribution in [2.75, 3.05) is 0 Å². The maximum atomic E-state index is 11.3. The number of carbonyl (C=O) groups excluding carboxylic acids is 1. The van der Waals surface area contributed by atoms with Gasteiger partial charge in [0.2, 0.25) is 0 Å². The number of ketones is 1. The Balaban J connectivity index is 2.37. The van der Waals surface area contributed by atoms with Crippen LogP contribution in [0.4, 0.5) is 0 Å². The lowest BCUT2D eigenvalue weighted by Crippen LogP contribution is -2.31. The van der Waals surface area contributed by atoms with Crippen LogP contribution in [-0.4, -0.2) is 11.8 Å². The largest absolute Gasteiger partial charge is 0.326 e. The van der Waals surface area contributed by atoms with E-state index in [0.717, 1.165) is 11.1 Å². The zero-order chi connectivity index (χ0) is 13.7. The van der Waals surface area contributed by atoms with Crippen molar-refractivity contribution >= 4 is 5.78 Å². The first-order chi connectivity index (χ1) is 9.18. The molecule has 0 aliphatic rings. The monoisotopic (exact) mass is 253 g/mol. The first kappa shape index (κ1) is 13.5. The lowest BCUT2D eigenvalue weighted by molar-refractivity contribution is -0.117. The Morgan fingerprint density at radius 2 is 1.37 bits per heavy atom. The molecule has 2 aromatic carbocycles. The van der Waals surface area contributed by atoms with Gasteiger partial charge in [-0.15, -0.1) is 0 Å². The first-order valence-electron chi connectivity index (χ1n) is 6.53. The summed E-state index contributed by atoms with van der Waals surface area (Å²) in [5.74, 6) is 0.190. The van der Waals surface area contributed by atoms with Crippen molar-refractivity contribution in [3.05, 3.63) is 71.8 Å². The summed E-state index contributed by atoms with van der Waals surface area (Å²) in [6, 6.07) is 20.1. The molecule has 0 heterocycles. The van der Waals surface area contributed by atoms with Gasteiger partial charge in [-0.1, -0.05) is 60.7 Å². The number of nitrogens with two attached hydrogens (primary N) is 1. The maximum absolute atomic E-state index is 11.3. The highest BCUT2D eigenvalue weighted by Crippen LogP contribution is 2.28. The van der Waals surface area contributed by atoms with Crippen LogP contribution < -0.4 is 5.73 Å². The van der Waals surface area contributed by atoms with E-state index in [2.05, 4.69) is 24.3 Å². The van der Waals surface area contributed by atoms with Crippen molar-refractivity contribution < 1.29 is 4.79 Å². The summed E-state index contributed by atoms with van der Waals surface area (Å²) in [6.07, 6.45) is 0.397. The van der Waals surface area contributed by atoms with E-state index in [1.54, 1.807) is 6.92 Å². The van der Waals surface area contributed by atoms with E-state index in [0.29, 0.717) is 6.42 Å². The minimum Gasteiger partial charge on any atom is -0.326 e. The minimum absolute atomic E-state index is 0.0614. The van der Waals surface area contributed by atoms with Gasteiger partial charge in [-0.3, -0.25) is 4.79 Å².